The van der Waals surface area contributed by atoms with Crippen LogP contribution in [0.25, 0.3) is 0 Å². The zero-order valence-corrected chi connectivity index (χ0v) is 9.96. The summed E-state index contributed by atoms with van der Waals surface area (Å²) in [5.74, 6) is -0.00748. The first-order valence-electron chi connectivity index (χ1n) is 5.54. The van der Waals surface area contributed by atoms with Gasteiger partial charge in [-0.1, -0.05) is 13.8 Å². The molecule has 1 rings (SSSR count). The van der Waals surface area contributed by atoms with E-state index in [4.69, 9.17) is 0 Å². The van der Waals surface area contributed by atoms with Crippen LogP contribution in [0, 0.1) is 0 Å². The van der Waals surface area contributed by atoms with Crippen LogP contribution in [0.5, 0.6) is 0 Å². The van der Waals surface area contributed by atoms with Crippen molar-refractivity contribution in [3.05, 3.63) is 0 Å². The second-order valence-electron chi connectivity index (χ2n) is 4.57. The van der Waals surface area contributed by atoms with Crippen LogP contribution in [0.15, 0.2) is 0 Å². The predicted octanol–water partition coefficient (Wildman–Crippen LogP) is 0.912. The highest BCUT2D eigenvalue weighted by atomic mass is 16.2. The van der Waals surface area contributed by atoms with Gasteiger partial charge in [0, 0.05) is 5.54 Å². The molecule has 1 heterocycles. The summed E-state index contributed by atoms with van der Waals surface area (Å²) < 4.78 is 0. The lowest BCUT2D eigenvalue weighted by Gasteiger charge is -2.45. The molecule has 2 amide bonds. The molecule has 0 aliphatic carbocycles. The third-order valence-corrected chi connectivity index (χ3v) is 3.20. The molecule has 0 aromatic rings. The third kappa shape index (κ3) is 2.13. The first kappa shape index (κ1) is 12.0. The van der Waals surface area contributed by atoms with E-state index >= 15 is 0 Å². The molecule has 1 fully saturated rings. The second kappa shape index (κ2) is 4.21. The summed E-state index contributed by atoms with van der Waals surface area (Å²) in [6.45, 7) is 8.12. The monoisotopic (exact) mass is 212 g/mol. The average Bonchev–Trinajstić information content (AvgIpc) is 2.20. The number of nitrogens with one attached hydrogen (secondary N) is 1. The van der Waals surface area contributed by atoms with Gasteiger partial charge in [-0.3, -0.25) is 9.59 Å². The first-order chi connectivity index (χ1) is 6.94. The Labute approximate surface area is 91.0 Å². The molecule has 0 aromatic heterocycles. The van der Waals surface area contributed by atoms with Gasteiger partial charge in [0.05, 0.1) is 6.54 Å². The van der Waals surface area contributed by atoms with Crippen molar-refractivity contribution in [2.24, 2.45) is 0 Å². The summed E-state index contributed by atoms with van der Waals surface area (Å²) in [5, 5.41) is 2.63. The van der Waals surface area contributed by atoms with Crippen LogP contribution in [-0.4, -0.2) is 34.8 Å². The van der Waals surface area contributed by atoms with Gasteiger partial charge < -0.3 is 10.2 Å². The topological polar surface area (TPSA) is 49.4 Å². The third-order valence-electron chi connectivity index (χ3n) is 3.20. The van der Waals surface area contributed by atoms with E-state index in [1.165, 1.54) is 0 Å². The fraction of sp³-hybridized carbons (Fsp3) is 0.818. The molecule has 0 bridgehead atoms. The van der Waals surface area contributed by atoms with E-state index in [0.717, 1.165) is 6.42 Å². The minimum atomic E-state index is -0.304. The number of carbonyl (C=O) groups is 2. The maximum atomic E-state index is 11.8. The standard InChI is InChI=1S/C11H20N2O2/c1-5-8-10(15)12-7-9(14)13(8)11(3,4)6-2/h8H,5-7H2,1-4H3,(H,12,15). The van der Waals surface area contributed by atoms with Gasteiger partial charge >= 0.3 is 0 Å². The molecule has 1 aliphatic heterocycles. The van der Waals surface area contributed by atoms with Crippen LogP contribution in [0.3, 0.4) is 0 Å². The molecule has 1 aliphatic rings. The fourth-order valence-electron chi connectivity index (χ4n) is 1.95. The van der Waals surface area contributed by atoms with Crippen LogP contribution in [0.4, 0.5) is 0 Å². The summed E-state index contributed by atoms with van der Waals surface area (Å²) in [7, 11) is 0. The van der Waals surface area contributed by atoms with Crippen LogP contribution in [0.1, 0.15) is 40.5 Å². The molecule has 1 N–H and O–H groups in total. The fourth-order valence-corrected chi connectivity index (χ4v) is 1.95. The van der Waals surface area contributed by atoms with Gasteiger partial charge in [0.2, 0.25) is 11.8 Å². The molecule has 86 valence electrons. The Balaban J connectivity index is 2.98. The van der Waals surface area contributed by atoms with E-state index in [-0.39, 0.29) is 29.9 Å². The normalized spacial score (nSPS) is 22.9. The van der Waals surface area contributed by atoms with Crippen molar-refractivity contribution in [3.8, 4) is 0 Å². The van der Waals surface area contributed by atoms with E-state index in [1.54, 1.807) is 4.90 Å². The number of amides is 2. The van der Waals surface area contributed by atoms with Gasteiger partial charge in [0.15, 0.2) is 0 Å². The van der Waals surface area contributed by atoms with E-state index in [9.17, 15) is 9.59 Å². The van der Waals surface area contributed by atoms with Crippen molar-refractivity contribution < 1.29 is 9.59 Å². The van der Waals surface area contributed by atoms with E-state index in [1.807, 2.05) is 27.7 Å². The maximum Gasteiger partial charge on any atom is 0.243 e. The number of nitrogens with zero attached hydrogens (tertiary/aromatic N) is 1. The molecule has 1 saturated heterocycles. The molecule has 4 heteroatoms. The van der Waals surface area contributed by atoms with Crippen LogP contribution in [-0.2, 0) is 9.59 Å². The Morgan fingerprint density at radius 3 is 2.47 bits per heavy atom. The van der Waals surface area contributed by atoms with Crippen LogP contribution in [0.2, 0.25) is 0 Å². The van der Waals surface area contributed by atoms with E-state index in [2.05, 4.69) is 5.32 Å². The van der Waals surface area contributed by atoms with Gasteiger partial charge in [0.25, 0.3) is 0 Å². The largest absolute Gasteiger partial charge is 0.345 e. The summed E-state index contributed by atoms with van der Waals surface area (Å²) in [6, 6.07) is -0.304. The van der Waals surface area contributed by atoms with Crippen molar-refractivity contribution in [1.82, 2.24) is 10.2 Å². The van der Waals surface area contributed by atoms with Crippen molar-refractivity contribution >= 4 is 11.8 Å². The number of rotatable bonds is 3. The highest BCUT2D eigenvalue weighted by Gasteiger charge is 2.40. The van der Waals surface area contributed by atoms with Gasteiger partial charge in [-0.05, 0) is 26.7 Å². The van der Waals surface area contributed by atoms with Gasteiger partial charge in [0.1, 0.15) is 6.04 Å². The SMILES string of the molecule is CCC1C(=O)NCC(=O)N1C(C)(C)CC. The lowest BCUT2D eigenvalue weighted by Crippen LogP contribution is -2.64. The van der Waals surface area contributed by atoms with Crippen molar-refractivity contribution in [2.75, 3.05) is 6.54 Å². The lowest BCUT2D eigenvalue weighted by atomic mass is 9.94. The molecule has 15 heavy (non-hydrogen) atoms. The Hall–Kier alpha value is -1.06. The minimum absolute atomic E-state index is 0.0216. The van der Waals surface area contributed by atoms with Crippen molar-refractivity contribution in [2.45, 2.75) is 52.1 Å². The number of hydrogen-bond acceptors (Lipinski definition) is 2. The van der Waals surface area contributed by atoms with Gasteiger partial charge in [-0.2, -0.15) is 0 Å². The van der Waals surface area contributed by atoms with Gasteiger partial charge in [-0.15, -0.1) is 0 Å². The Bertz CT molecular complexity index is 274. The molecule has 1 unspecified atom stereocenters. The molecular weight excluding hydrogens is 192 g/mol. The number of hydrogen-bond donors (Lipinski definition) is 1. The van der Waals surface area contributed by atoms with E-state index in [0.29, 0.717) is 6.42 Å². The highest BCUT2D eigenvalue weighted by Crippen LogP contribution is 2.24. The van der Waals surface area contributed by atoms with Gasteiger partial charge in [-0.25, -0.2) is 0 Å². The summed E-state index contributed by atoms with van der Waals surface area (Å²) in [5.41, 5.74) is -0.241. The highest BCUT2D eigenvalue weighted by molar-refractivity contribution is 5.95. The summed E-state index contributed by atoms with van der Waals surface area (Å²) in [4.78, 5) is 25.2. The number of carbonyl (C=O) groups excluding carboxylic acids is 2. The van der Waals surface area contributed by atoms with E-state index < -0.39 is 0 Å². The van der Waals surface area contributed by atoms with Crippen molar-refractivity contribution in [3.63, 3.8) is 0 Å². The predicted molar refractivity (Wildman–Crippen MR) is 58.3 cm³/mol. The maximum absolute atomic E-state index is 11.8. The Morgan fingerprint density at radius 1 is 1.40 bits per heavy atom. The summed E-state index contributed by atoms with van der Waals surface area (Å²) in [6.07, 6.45) is 1.52. The zero-order valence-electron chi connectivity index (χ0n) is 9.96. The van der Waals surface area contributed by atoms with Crippen LogP contribution < -0.4 is 5.32 Å². The molecule has 0 spiro atoms. The molecule has 0 radical (unpaired) electrons. The Kier molecular flexibility index (Phi) is 3.37. The average molecular weight is 212 g/mol. The minimum Gasteiger partial charge on any atom is -0.345 e. The molecular formula is C11H20N2O2. The lowest BCUT2D eigenvalue weighted by molar-refractivity contribution is -0.152. The number of piperazine rings is 1. The molecule has 0 aromatic carbocycles. The van der Waals surface area contributed by atoms with Crippen molar-refractivity contribution in [1.29, 1.82) is 0 Å². The smallest absolute Gasteiger partial charge is 0.243 e. The summed E-state index contributed by atoms with van der Waals surface area (Å²) >= 11 is 0. The zero-order chi connectivity index (χ0) is 11.6. The quantitative estimate of drug-likeness (QED) is 0.756. The Morgan fingerprint density at radius 2 is 2.00 bits per heavy atom. The van der Waals surface area contributed by atoms with Crippen LogP contribution >= 0.6 is 0 Å². The molecule has 4 nitrogen and oxygen atoms in total. The second-order valence-corrected chi connectivity index (χ2v) is 4.57. The molecule has 1 atom stereocenters. The molecule has 0 saturated carbocycles. The first-order valence-corrected chi connectivity index (χ1v) is 5.54.